The Labute approximate surface area is 143 Å². The largest absolute Gasteiger partial charge is 0.370 e. The van der Waals surface area contributed by atoms with Crippen LogP contribution in [-0.4, -0.2) is 11.9 Å². The van der Waals surface area contributed by atoms with Crippen LogP contribution in [0.15, 0.2) is 59.6 Å². The summed E-state index contributed by atoms with van der Waals surface area (Å²) in [7, 11) is 0. The average molecular weight is 332 g/mol. The standard InChI is InChI=1S/C19H13FN4O/c1-23-16-7-3-6-14(17(16)20)13-5-2-4-11-8-9-12(10-15(11)13)18(25)24-19(21)22/h2-10H,(H4,21,22,24,25). The van der Waals surface area contributed by atoms with Crippen molar-refractivity contribution in [2.24, 2.45) is 16.5 Å². The molecule has 0 aromatic heterocycles. The van der Waals surface area contributed by atoms with Gasteiger partial charge in [-0.3, -0.25) is 4.79 Å². The lowest BCUT2D eigenvalue weighted by atomic mass is 9.96. The number of hydrogen-bond donors (Lipinski definition) is 2. The number of carbonyl (C=O) groups is 1. The first-order valence-corrected chi connectivity index (χ1v) is 7.34. The lowest BCUT2D eigenvalue weighted by molar-refractivity contribution is 0.100. The number of aliphatic imine (C=N–C) groups is 1. The number of fused-ring (bicyclic) bond motifs is 1. The molecule has 0 saturated carbocycles. The van der Waals surface area contributed by atoms with E-state index in [4.69, 9.17) is 18.0 Å². The number of nitrogens with zero attached hydrogens (tertiary/aromatic N) is 2. The van der Waals surface area contributed by atoms with Gasteiger partial charge in [0, 0.05) is 11.1 Å². The predicted octanol–water partition coefficient (Wildman–Crippen LogP) is 3.61. The van der Waals surface area contributed by atoms with Crippen LogP contribution in [0.3, 0.4) is 0 Å². The second-order valence-electron chi connectivity index (χ2n) is 5.33. The van der Waals surface area contributed by atoms with Gasteiger partial charge < -0.3 is 11.5 Å². The molecule has 4 N–H and O–H groups in total. The summed E-state index contributed by atoms with van der Waals surface area (Å²) in [6.45, 7) is 7.06. The Morgan fingerprint density at radius 1 is 1.04 bits per heavy atom. The monoisotopic (exact) mass is 332 g/mol. The van der Waals surface area contributed by atoms with E-state index in [-0.39, 0.29) is 17.2 Å². The smallest absolute Gasteiger partial charge is 0.280 e. The van der Waals surface area contributed by atoms with Crippen molar-refractivity contribution in [2.75, 3.05) is 0 Å². The highest BCUT2D eigenvalue weighted by atomic mass is 19.1. The molecular formula is C19H13FN4O. The minimum Gasteiger partial charge on any atom is -0.370 e. The van der Waals surface area contributed by atoms with Crippen molar-refractivity contribution in [3.63, 3.8) is 0 Å². The summed E-state index contributed by atoms with van der Waals surface area (Å²) in [6, 6.07) is 15.0. The summed E-state index contributed by atoms with van der Waals surface area (Å²) in [6.07, 6.45) is 0. The third-order valence-electron chi connectivity index (χ3n) is 3.75. The maximum absolute atomic E-state index is 14.6. The van der Waals surface area contributed by atoms with Crippen molar-refractivity contribution in [1.29, 1.82) is 0 Å². The molecule has 0 saturated heterocycles. The molecule has 0 aliphatic heterocycles. The molecule has 1 amide bonds. The number of amides is 1. The molecule has 0 unspecified atom stereocenters. The van der Waals surface area contributed by atoms with Crippen molar-refractivity contribution in [2.45, 2.75) is 0 Å². The van der Waals surface area contributed by atoms with Gasteiger partial charge in [-0.25, -0.2) is 9.24 Å². The lowest BCUT2D eigenvalue weighted by Gasteiger charge is -2.10. The number of hydrogen-bond acceptors (Lipinski definition) is 1. The van der Waals surface area contributed by atoms with Gasteiger partial charge in [-0.05, 0) is 28.5 Å². The van der Waals surface area contributed by atoms with Crippen molar-refractivity contribution in [3.8, 4) is 11.1 Å². The number of benzene rings is 3. The molecule has 0 atom stereocenters. The molecule has 3 rings (SSSR count). The third-order valence-corrected chi connectivity index (χ3v) is 3.75. The molecule has 25 heavy (non-hydrogen) atoms. The zero-order valence-electron chi connectivity index (χ0n) is 13.0. The maximum Gasteiger partial charge on any atom is 0.280 e. The first-order valence-electron chi connectivity index (χ1n) is 7.34. The Hall–Kier alpha value is -3.72. The number of guanidine groups is 1. The van der Waals surface area contributed by atoms with Crippen LogP contribution in [0.5, 0.6) is 0 Å². The Balaban J connectivity index is 2.25. The summed E-state index contributed by atoms with van der Waals surface area (Å²) >= 11 is 0. The molecule has 0 bridgehead atoms. The van der Waals surface area contributed by atoms with Gasteiger partial charge in [0.15, 0.2) is 5.96 Å². The molecule has 5 nitrogen and oxygen atoms in total. The minimum atomic E-state index is -0.592. The van der Waals surface area contributed by atoms with E-state index in [0.29, 0.717) is 16.5 Å². The van der Waals surface area contributed by atoms with Gasteiger partial charge in [0.1, 0.15) is 5.82 Å². The fraction of sp³-hybridized carbons (Fsp3) is 0. The van der Waals surface area contributed by atoms with E-state index in [2.05, 4.69) is 9.84 Å². The van der Waals surface area contributed by atoms with E-state index >= 15 is 0 Å². The number of halogens is 1. The first kappa shape index (κ1) is 16.1. The van der Waals surface area contributed by atoms with Crippen molar-refractivity contribution < 1.29 is 9.18 Å². The second kappa shape index (κ2) is 6.42. The highest BCUT2D eigenvalue weighted by molar-refractivity contribution is 6.06. The van der Waals surface area contributed by atoms with E-state index in [1.165, 1.54) is 6.07 Å². The highest BCUT2D eigenvalue weighted by Gasteiger charge is 2.14. The Morgan fingerprint density at radius 3 is 2.48 bits per heavy atom. The fourth-order valence-electron chi connectivity index (χ4n) is 2.64. The lowest BCUT2D eigenvalue weighted by Crippen LogP contribution is -2.24. The molecule has 0 heterocycles. The molecule has 3 aromatic carbocycles. The number of rotatable bonds is 2. The second-order valence-corrected chi connectivity index (χ2v) is 5.33. The fourth-order valence-corrected chi connectivity index (χ4v) is 2.64. The Kier molecular flexibility index (Phi) is 4.14. The van der Waals surface area contributed by atoms with Crippen LogP contribution in [0.1, 0.15) is 10.4 Å². The summed E-state index contributed by atoms with van der Waals surface area (Å²) in [5.41, 5.74) is 11.6. The van der Waals surface area contributed by atoms with E-state index in [0.717, 1.165) is 5.39 Å². The van der Waals surface area contributed by atoms with Crippen LogP contribution in [0, 0.1) is 12.4 Å². The molecular weight excluding hydrogens is 319 g/mol. The molecule has 122 valence electrons. The van der Waals surface area contributed by atoms with E-state index in [1.807, 2.05) is 6.07 Å². The molecule has 0 aliphatic rings. The summed E-state index contributed by atoms with van der Waals surface area (Å²) in [5, 5.41) is 1.49. The van der Waals surface area contributed by atoms with Crippen LogP contribution in [0.4, 0.5) is 10.1 Å². The van der Waals surface area contributed by atoms with E-state index < -0.39 is 11.7 Å². The quantitative estimate of drug-likeness (QED) is 0.427. The van der Waals surface area contributed by atoms with Crippen LogP contribution in [0.25, 0.3) is 26.7 Å². The van der Waals surface area contributed by atoms with Crippen LogP contribution < -0.4 is 11.5 Å². The zero-order valence-corrected chi connectivity index (χ0v) is 13.0. The molecule has 0 aliphatic carbocycles. The predicted molar refractivity (Wildman–Crippen MR) is 95.7 cm³/mol. The summed E-state index contributed by atoms with van der Waals surface area (Å²) in [4.78, 5) is 18.8. The maximum atomic E-state index is 14.6. The van der Waals surface area contributed by atoms with Gasteiger partial charge in [0.05, 0.1) is 6.57 Å². The van der Waals surface area contributed by atoms with Crippen molar-refractivity contribution in [1.82, 2.24) is 0 Å². The highest BCUT2D eigenvalue weighted by Crippen LogP contribution is 2.34. The zero-order chi connectivity index (χ0) is 18.0. The van der Waals surface area contributed by atoms with Gasteiger partial charge in [0.2, 0.25) is 5.69 Å². The number of carbonyl (C=O) groups excluding carboxylic acids is 1. The minimum absolute atomic E-state index is 0.0535. The summed E-state index contributed by atoms with van der Waals surface area (Å²) < 4.78 is 14.6. The van der Waals surface area contributed by atoms with Gasteiger partial charge in [0.25, 0.3) is 5.91 Å². The Bertz CT molecular complexity index is 1060. The van der Waals surface area contributed by atoms with E-state index in [1.54, 1.807) is 42.5 Å². The topological polar surface area (TPSA) is 85.8 Å². The van der Waals surface area contributed by atoms with Gasteiger partial charge in [-0.1, -0.05) is 42.5 Å². The molecule has 3 aromatic rings. The molecule has 6 heteroatoms. The molecule has 0 fully saturated rings. The number of nitrogens with two attached hydrogens (primary N) is 2. The summed E-state index contributed by atoms with van der Waals surface area (Å²) in [5.74, 6) is -1.49. The van der Waals surface area contributed by atoms with Gasteiger partial charge >= 0.3 is 0 Å². The van der Waals surface area contributed by atoms with E-state index in [9.17, 15) is 9.18 Å². The average Bonchev–Trinajstić information content (AvgIpc) is 2.60. The molecule has 0 spiro atoms. The van der Waals surface area contributed by atoms with Crippen LogP contribution in [-0.2, 0) is 0 Å². The van der Waals surface area contributed by atoms with Crippen molar-refractivity contribution in [3.05, 3.63) is 77.4 Å². The third kappa shape index (κ3) is 3.03. The first-order chi connectivity index (χ1) is 12.0. The SMILES string of the molecule is [C-]#[N+]c1cccc(-c2cccc3ccc(C(=O)N=C(N)N)cc23)c1F. The van der Waals surface area contributed by atoms with Gasteiger partial charge in [-0.15, -0.1) is 0 Å². The molecule has 0 radical (unpaired) electrons. The Morgan fingerprint density at radius 2 is 1.76 bits per heavy atom. The van der Waals surface area contributed by atoms with Crippen molar-refractivity contribution >= 4 is 28.3 Å². The normalized spacial score (nSPS) is 10.2. The van der Waals surface area contributed by atoms with Crippen LogP contribution >= 0.6 is 0 Å². The van der Waals surface area contributed by atoms with Gasteiger partial charge in [-0.2, -0.15) is 4.99 Å². The van der Waals surface area contributed by atoms with Crippen LogP contribution in [0.2, 0.25) is 0 Å².